The number of aryl methyl sites for hydroxylation is 2. The third-order valence-electron chi connectivity index (χ3n) is 6.48. The van der Waals surface area contributed by atoms with Crippen molar-refractivity contribution in [2.45, 2.75) is 91.9 Å². The molecule has 3 aromatic carbocycles. The second-order valence-electron chi connectivity index (χ2n) is 11.1. The van der Waals surface area contributed by atoms with Crippen LogP contribution in [0, 0.1) is 13.8 Å². The second-order valence-corrected chi connectivity index (χ2v) is 17.8. The van der Waals surface area contributed by atoms with Crippen molar-refractivity contribution in [1.29, 1.82) is 0 Å². The zero-order chi connectivity index (χ0) is 28.0. The number of para-hydroxylation sites is 2. The molecule has 2 radical (unpaired) electrons. The normalized spacial score (nSPS) is 12.3. The average Bonchev–Trinajstić information content (AvgIpc) is 3.31. The molecule has 1 heterocycles. The Morgan fingerprint density at radius 1 is 0.590 bits per heavy atom. The van der Waals surface area contributed by atoms with Crippen molar-refractivity contribution >= 4 is 45.5 Å². The third kappa shape index (κ3) is 8.98. The van der Waals surface area contributed by atoms with Crippen molar-refractivity contribution < 1.29 is 25.8 Å². The summed E-state index contributed by atoms with van der Waals surface area (Å²) in [5.74, 6) is 1.58. The van der Waals surface area contributed by atoms with Crippen LogP contribution in [0.4, 0.5) is 11.4 Å². The molecule has 1 aliphatic rings. The van der Waals surface area contributed by atoms with E-state index < -0.39 is 0 Å². The second kappa shape index (κ2) is 15.5. The van der Waals surface area contributed by atoms with Crippen LogP contribution in [0.3, 0.4) is 0 Å². The minimum atomic E-state index is -0.251. The molecular formula is C32H44BNNiO2P2. The van der Waals surface area contributed by atoms with Crippen molar-refractivity contribution in [2.24, 2.45) is 0 Å². The Labute approximate surface area is 251 Å². The van der Waals surface area contributed by atoms with Gasteiger partial charge in [0.05, 0.1) is 0 Å². The molecule has 0 N–H and O–H groups in total. The SMILES string of the molecule is Cc1ccc([N-]c2ccc(C)cc2P(C(C)C)C(C)C)c(P(C(C)C)C(C)C)c1.[B-]1Oc2ccccc2O1.[Ni+2]. The van der Waals surface area contributed by atoms with Crippen molar-refractivity contribution in [2.75, 3.05) is 0 Å². The van der Waals surface area contributed by atoms with Crippen LogP contribution in [-0.4, -0.2) is 30.3 Å². The summed E-state index contributed by atoms with van der Waals surface area (Å²) in [6.45, 7) is 23.3. The van der Waals surface area contributed by atoms with E-state index in [1.54, 1.807) is 0 Å². The molecule has 39 heavy (non-hydrogen) atoms. The summed E-state index contributed by atoms with van der Waals surface area (Å²) in [7, 11) is 0.821. The molecule has 0 fully saturated rings. The van der Waals surface area contributed by atoms with Crippen molar-refractivity contribution in [3.8, 4) is 11.5 Å². The van der Waals surface area contributed by atoms with E-state index in [-0.39, 0.29) is 32.3 Å². The van der Waals surface area contributed by atoms with Crippen LogP contribution in [0.15, 0.2) is 60.7 Å². The van der Waals surface area contributed by atoms with Gasteiger partial charge in [0, 0.05) is 0 Å². The Kier molecular flexibility index (Phi) is 13.4. The Balaban J connectivity index is 0.000000444. The first kappa shape index (κ1) is 33.7. The van der Waals surface area contributed by atoms with Gasteiger partial charge in [0.1, 0.15) is 19.2 Å². The fraction of sp³-hybridized carbons (Fsp3) is 0.438. The predicted molar refractivity (Wildman–Crippen MR) is 172 cm³/mol. The number of hydrogen-bond donors (Lipinski definition) is 0. The Hall–Kier alpha value is -1.52. The number of hydrogen-bond acceptors (Lipinski definition) is 2. The molecule has 0 unspecified atom stereocenters. The van der Waals surface area contributed by atoms with Gasteiger partial charge < -0.3 is 14.6 Å². The molecule has 0 aliphatic carbocycles. The van der Waals surface area contributed by atoms with Gasteiger partial charge in [-0.3, -0.25) is 0 Å². The standard InChI is InChI=1S/C26H40NP2.C6H4BO2.Ni/c1-17(2)28(18(3)4)25-15-21(9)11-13-23(25)27-24-14-12-22(10)16-26(24)29(19(5)6)20(7)8;1-2-4-6-5(3-1)8-7-9-6;/h11-20H,1-10H3;1-4H;/q2*-1;+2. The van der Waals surface area contributed by atoms with Crippen LogP contribution in [-0.2, 0) is 16.5 Å². The molecule has 0 saturated heterocycles. The van der Waals surface area contributed by atoms with Crippen molar-refractivity contribution in [3.05, 3.63) is 77.1 Å². The van der Waals surface area contributed by atoms with E-state index in [0.717, 1.165) is 11.5 Å². The van der Waals surface area contributed by atoms with E-state index in [9.17, 15) is 0 Å². The molecule has 3 aromatic rings. The quantitative estimate of drug-likeness (QED) is 0.189. The molecule has 1 aliphatic heterocycles. The van der Waals surface area contributed by atoms with E-state index in [0.29, 0.717) is 22.6 Å². The van der Waals surface area contributed by atoms with Gasteiger partial charge in [0.2, 0.25) is 0 Å². The van der Waals surface area contributed by atoms with Gasteiger partial charge in [-0.25, -0.2) is 0 Å². The zero-order valence-electron chi connectivity index (χ0n) is 25.1. The molecule has 0 bridgehead atoms. The first-order valence-electron chi connectivity index (χ1n) is 13.7. The largest absolute Gasteiger partial charge is 2.00 e. The smallest absolute Gasteiger partial charge is 0.724 e. The summed E-state index contributed by atoms with van der Waals surface area (Å²) in [4.78, 5) is 0. The fourth-order valence-corrected chi connectivity index (χ4v) is 11.2. The maximum atomic E-state index is 5.33. The molecule has 0 atom stereocenters. The average molecular weight is 606 g/mol. The van der Waals surface area contributed by atoms with Gasteiger partial charge in [-0.1, -0.05) is 131 Å². The topological polar surface area (TPSA) is 32.6 Å². The summed E-state index contributed by atoms with van der Waals surface area (Å²) in [5.41, 5.74) is 7.65. The monoisotopic (exact) mass is 605 g/mol. The van der Waals surface area contributed by atoms with Crippen molar-refractivity contribution in [3.63, 3.8) is 0 Å². The minimum absolute atomic E-state index is 0. The van der Waals surface area contributed by atoms with Gasteiger partial charge in [0.25, 0.3) is 0 Å². The van der Waals surface area contributed by atoms with Gasteiger partial charge in [0.15, 0.2) is 0 Å². The van der Waals surface area contributed by atoms with Gasteiger partial charge in [-0.2, -0.15) is 0 Å². The van der Waals surface area contributed by atoms with Crippen LogP contribution >= 0.6 is 15.8 Å². The Bertz CT molecular complexity index is 1100. The number of benzene rings is 3. The van der Waals surface area contributed by atoms with Gasteiger partial charge in [-0.15, -0.1) is 11.4 Å². The first-order chi connectivity index (χ1) is 18.0. The van der Waals surface area contributed by atoms with Gasteiger partial charge >= 0.3 is 16.5 Å². The van der Waals surface area contributed by atoms with Crippen LogP contribution in [0.2, 0.25) is 0 Å². The third-order valence-corrected chi connectivity index (χ3v) is 12.8. The van der Waals surface area contributed by atoms with E-state index in [1.807, 2.05) is 24.3 Å². The molecule has 4 rings (SSSR count). The molecule has 3 nitrogen and oxygen atoms in total. The fourth-order valence-electron chi connectivity index (χ4n) is 5.08. The van der Waals surface area contributed by atoms with Crippen molar-refractivity contribution in [1.82, 2.24) is 0 Å². The van der Waals surface area contributed by atoms with E-state index in [1.165, 1.54) is 40.8 Å². The molecular weight excluding hydrogens is 562 g/mol. The molecule has 7 heteroatoms. The summed E-state index contributed by atoms with van der Waals surface area (Å²) < 4.78 is 9.90. The van der Waals surface area contributed by atoms with E-state index >= 15 is 0 Å². The number of nitrogens with zero attached hydrogens (tertiary/aromatic N) is 1. The summed E-state index contributed by atoms with van der Waals surface area (Å²) in [5, 5.41) is 8.26. The molecule has 212 valence electrons. The molecule has 0 amide bonds. The van der Waals surface area contributed by atoms with Crippen LogP contribution in [0.25, 0.3) is 5.32 Å². The molecule has 0 aromatic heterocycles. The summed E-state index contributed by atoms with van der Waals surface area (Å²) in [6, 6.07) is 21.3. The number of fused-ring (bicyclic) bond motifs is 1. The zero-order valence-corrected chi connectivity index (χ0v) is 27.9. The van der Waals surface area contributed by atoms with E-state index in [4.69, 9.17) is 14.6 Å². The minimum Gasteiger partial charge on any atom is -0.724 e. The van der Waals surface area contributed by atoms with Crippen LogP contribution < -0.4 is 19.9 Å². The first-order valence-corrected chi connectivity index (χ1v) is 16.7. The molecule has 0 spiro atoms. The van der Waals surface area contributed by atoms with Crippen LogP contribution in [0.5, 0.6) is 11.5 Å². The Morgan fingerprint density at radius 3 is 1.28 bits per heavy atom. The summed E-state index contributed by atoms with van der Waals surface area (Å²) >= 11 is 0. The number of rotatable bonds is 8. The van der Waals surface area contributed by atoms with E-state index in [2.05, 4.69) is 106 Å². The van der Waals surface area contributed by atoms with Crippen LogP contribution in [0.1, 0.15) is 66.5 Å². The molecule has 0 saturated carbocycles. The Morgan fingerprint density at radius 2 is 0.949 bits per heavy atom. The predicted octanol–water partition coefficient (Wildman–Crippen LogP) is 9.48. The maximum absolute atomic E-state index is 5.33. The maximum Gasteiger partial charge on any atom is 2.00 e. The summed E-state index contributed by atoms with van der Waals surface area (Å²) in [6.07, 6.45) is 0. The van der Waals surface area contributed by atoms with Gasteiger partial charge in [-0.05, 0) is 59.2 Å².